The molecule has 0 fully saturated rings. The molecule has 0 aliphatic heterocycles. The normalized spacial score (nSPS) is 16.5. The largest absolute Gasteiger partial charge is 0.386 e. The molecule has 1 aromatic rings. The summed E-state index contributed by atoms with van der Waals surface area (Å²) in [4.78, 5) is 0. The van der Waals surface area contributed by atoms with E-state index in [1.807, 2.05) is 12.1 Å². The van der Waals surface area contributed by atoms with E-state index < -0.39 is 13.7 Å². The maximum atomic E-state index is 11.9. The summed E-state index contributed by atoms with van der Waals surface area (Å²) in [5.74, 6) is 0.538. The van der Waals surface area contributed by atoms with Crippen molar-refractivity contribution < 1.29 is 14.2 Å². The predicted octanol–water partition coefficient (Wildman–Crippen LogP) is 3.57. The van der Waals surface area contributed by atoms with Gasteiger partial charge in [-0.2, -0.15) is 0 Å². The van der Waals surface area contributed by atoms with Crippen LogP contribution in [0.25, 0.3) is 0 Å². The van der Waals surface area contributed by atoms with Crippen LogP contribution in [0.5, 0.6) is 0 Å². The van der Waals surface area contributed by atoms with Crippen molar-refractivity contribution in [3.8, 4) is 0 Å². The predicted molar refractivity (Wildman–Crippen MR) is 70.6 cm³/mol. The van der Waals surface area contributed by atoms with Gasteiger partial charge in [-0.05, 0) is 23.5 Å². The fourth-order valence-corrected chi connectivity index (χ4v) is 2.75. The Morgan fingerprint density at radius 3 is 2.35 bits per heavy atom. The van der Waals surface area contributed by atoms with Crippen LogP contribution in [0.1, 0.15) is 37.3 Å². The molecule has 0 bridgehead atoms. The van der Waals surface area contributed by atoms with Gasteiger partial charge in [0.25, 0.3) is 0 Å². The lowest BCUT2D eigenvalue weighted by atomic mass is 9.98. The molecule has 0 aromatic heterocycles. The smallest absolute Gasteiger partial charge is 0.231 e. The highest BCUT2D eigenvalue weighted by atomic mass is 31.2. The van der Waals surface area contributed by atoms with Crippen molar-refractivity contribution in [3.63, 3.8) is 0 Å². The molecule has 0 saturated carbocycles. The summed E-state index contributed by atoms with van der Waals surface area (Å²) in [7, 11) is -1.51. The van der Waals surface area contributed by atoms with E-state index in [0.29, 0.717) is 12.1 Å². The van der Waals surface area contributed by atoms with Gasteiger partial charge in [0.05, 0.1) is 6.16 Å². The minimum Gasteiger partial charge on any atom is -0.386 e. The second-order valence-electron chi connectivity index (χ2n) is 4.35. The quantitative estimate of drug-likeness (QED) is 0.791. The molecule has 96 valence electrons. The molecule has 0 heterocycles. The molecule has 0 saturated heterocycles. The third kappa shape index (κ3) is 3.95. The summed E-state index contributed by atoms with van der Waals surface area (Å²) in [5, 5.41) is 9.04. The average molecular weight is 256 g/mol. The first-order chi connectivity index (χ1) is 8.04. The highest BCUT2D eigenvalue weighted by Crippen LogP contribution is 2.48. The first-order valence-electron chi connectivity index (χ1n) is 5.88. The van der Waals surface area contributed by atoms with E-state index in [4.69, 9.17) is 9.63 Å². The highest BCUT2D eigenvalue weighted by Gasteiger charge is 2.20. The van der Waals surface area contributed by atoms with Crippen LogP contribution in [-0.2, 0) is 15.3 Å². The second-order valence-corrected chi connectivity index (χ2v) is 6.94. The standard InChI is InChI=1S/C13H21O3P/c1-4-11(2)13-7-5-12(6-8-13)9-17(15,10-14)16-3/h5-8,11,14H,4,9-10H2,1-3H3. The van der Waals surface area contributed by atoms with Crippen molar-refractivity contribution in [1.29, 1.82) is 0 Å². The minimum absolute atomic E-state index is 0.292. The highest BCUT2D eigenvalue weighted by molar-refractivity contribution is 7.57. The summed E-state index contributed by atoms with van der Waals surface area (Å²) in [6.45, 7) is 4.34. The van der Waals surface area contributed by atoms with Gasteiger partial charge in [-0.25, -0.2) is 0 Å². The lowest BCUT2D eigenvalue weighted by Crippen LogP contribution is -1.97. The molecule has 4 heteroatoms. The zero-order valence-corrected chi connectivity index (χ0v) is 11.6. The molecule has 1 N–H and O–H groups in total. The first kappa shape index (κ1) is 14.4. The van der Waals surface area contributed by atoms with Crippen LogP contribution in [0, 0.1) is 0 Å². The van der Waals surface area contributed by atoms with Crippen molar-refractivity contribution in [1.82, 2.24) is 0 Å². The average Bonchev–Trinajstić information content (AvgIpc) is 2.38. The van der Waals surface area contributed by atoms with Crippen LogP contribution in [0.4, 0.5) is 0 Å². The van der Waals surface area contributed by atoms with E-state index in [-0.39, 0.29) is 0 Å². The van der Waals surface area contributed by atoms with Gasteiger partial charge in [-0.3, -0.25) is 4.57 Å². The fourth-order valence-electron chi connectivity index (χ4n) is 1.64. The topological polar surface area (TPSA) is 46.5 Å². The molecule has 0 radical (unpaired) electrons. The van der Waals surface area contributed by atoms with Crippen LogP contribution in [0.2, 0.25) is 0 Å². The van der Waals surface area contributed by atoms with Gasteiger partial charge in [0, 0.05) is 7.11 Å². The van der Waals surface area contributed by atoms with Gasteiger partial charge in [0.1, 0.15) is 6.35 Å². The first-order valence-corrected chi connectivity index (χ1v) is 7.87. The number of benzene rings is 1. The lowest BCUT2D eigenvalue weighted by Gasteiger charge is -2.14. The van der Waals surface area contributed by atoms with Gasteiger partial charge in [-0.1, -0.05) is 38.1 Å². The molecule has 2 atom stereocenters. The SMILES string of the molecule is CCC(C)c1ccc(CP(=O)(CO)OC)cc1. The second kappa shape index (κ2) is 6.34. The molecular formula is C13H21O3P. The van der Waals surface area contributed by atoms with E-state index in [2.05, 4.69) is 26.0 Å². The Hall–Kier alpha value is -0.630. The van der Waals surface area contributed by atoms with Crippen molar-refractivity contribution >= 4 is 7.37 Å². The number of aliphatic hydroxyl groups excluding tert-OH is 1. The number of rotatable bonds is 6. The Morgan fingerprint density at radius 2 is 1.94 bits per heavy atom. The molecule has 1 aromatic carbocycles. The van der Waals surface area contributed by atoms with E-state index in [1.165, 1.54) is 12.7 Å². The summed E-state index contributed by atoms with van der Waals surface area (Å²) in [6, 6.07) is 8.04. The summed E-state index contributed by atoms with van der Waals surface area (Å²) >= 11 is 0. The molecule has 0 aliphatic rings. The molecule has 1 rings (SSSR count). The van der Waals surface area contributed by atoms with Crippen molar-refractivity contribution in [2.45, 2.75) is 32.3 Å². The molecule has 2 unspecified atom stereocenters. The van der Waals surface area contributed by atoms with E-state index in [0.717, 1.165) is 12.0 Å². The van der Waals surface area contributed by atoms with Gasteiger partial charge in [0.2, 0.25) is 7.37 Å². The summed E-state index contributed by atoms with van der Waals surface area (Å²) in [6.07, 6.45) is 0.990. The van der Waals surface area contributed by atoms with Gasteiger partial charge >= 0.3 is 0 Å². The lowest BCUT2D eigenvalue weighted by molar-refractivity contribution is 0.310. The van der Waals surface area contributed by atoms with Gasteiger partial charge < -0.3 is 9.63 Å². The summed E-state index contributed by atoms with van der Waals surface area (Å²) in [5.41, 5.74) is 2.23. The monoisotopic (exact) mass is 256 g/mol. The third-order valence-electron chi connectivity index (χ3n) is 3.13. The maximum Gasteiger partial charge on any atom is 0.231 e. The van der Waals surface area contributed by atoms with Crippen LogP contribution in [-0.4, -0.2) is 18.6 Å². The molecule has 0 spiro atoms. The maximum absolute atomic E-state index is 11.9. The Morgan fingerprint density at radius 1 is 1.35 bits per heavy atom. The molecule has 0 amide bonds. The van der Waals surface area contributed by atoms with Crippen molar-refractivity contribution in [2.75, 3.05) is 13.5 Å². The number of hydrogen-bond donors (Lipinski definition) is 1. The zero-order valence-electron chi connectivity index (χ0n) is 10.7. The van der Waals surface area contributed by atoms with E-state index >= 15 is 0 Å². The Labute approximate surface area is 103 Å². The Bertz CT molecular complexity index is 378. The van der Waals surface area contributed by atoms with Gasteiger partial charge in [0.15, 0.2) is 0 Å². The van der Waals surface area contributed by atoms with Crippen molar-refractivity contribution in [3.05, 3.63) is 35.4 Å². The van der Waals surface area contributed by atoms with Crippen LogP contribution in [0.3, 0.4) is 0 Å². The van der Waals surface area contributed by atoms with Gasteiger partial charge in [-0.15, -0.1) is 0 Å². The van der Waals surface area contributed by atoms with Crippen LogP contribution >= 0.6 is 7.37 Å². The van der Waals surface area contributed by atoms with Crippen LogP contribution < -0.4 is 0 Å². The zero-order chi connectivity index (χ0) is 12.9. The number of aliphatic hydroxyl groups is 1. The number of hydrogen-bond acceptors (Lipinski definition) is 3. The molecule has 0 aliphatic carbocycles. The Kier molecular flexibility index (Phi) is 5.38. The molecular weight excluding hydrogens is 235 g/mol. The minimum atomic E-state index is -2.89. The van der Waals surface area contributed by atoms with Crippen molar-refractivity contribution in [2.24, 2.45) is 0 Å². The molecule has 17 heavy (non-hydrogen) atoms. The Balaban J connectivity index is 2.78. The van der Waals surface area contributed by atoms with E-state index in [1.54, 1.807) is 0 Å². The fraction of sp³-hybridized carbons (Fsp3) is 0.538. The summed E-state index contributed by atoms with van der Waals surface area (Å²) < 4.78 is 16.8. The van der Waals surface area contributed by atoms with Crippen LogP contribution in [0.15, 0.2) is 24.3 Å². The molecule has 3 nitrogen and oxygen atoms in total. The van der Waals surface area contributed by atoms with E-state index in [9.17, 15) is 4.57 Å². The third-order valence-corrected chi connectivity index (χ3v) is 5.08.